The average Bonchev–Trinajstić information content (AvgIpc) is 2.27. The fourth-order valence-electron chi connectivity index (χ4n) is 1.31. The van der Waals surface area contributed by atoms with Crippen LogP contribution in [-0.4, -0.2) is 13.1 Å². The molecule has 0 saturated heterocycles. The topological polar surface area (TPSA) is 52.3 Å². The summed E-state index contributed by atoms with van der Waals surface area (Å²) >= 11 is 0. The van der Waals surface area contributed by atoms with Crippen LogP contribution in [0.2, 0.25) is 0 Å². The first kappa shape index (κ1) is 14.1. The molecule has 0 aromatic heterocycles. The Labute approximate surface area is 102 Å². The quantitative estimate of drug-likeness (QED) is 0.670. The second-order valence-electron chi connectivity index (χ2n) is 3.57. The van der Waals surface area contributed by atoms with Crippen molar-refractivity contribution < 1.29 is 22.7 Å². The lowest BCUT2D eigenvalue weighted by Crippen LogP contribution is -2.06. The summed E-state index contributed by atoms with van der Waals surface area (Å²) in [6, 6.07) is 3.21. The first-order valence-electron chi connectivity index (χ1n) is 5.04. The number of alkyl halides is 3. The molecule has 0 bridgehead atoms. The van der Waals surface area contributed by atoms with E-state index in [1.54, 1.807) is 0 Å². The molecule has 0 aliphatic heterocycles. The first-order valence-corrected chi connectivity index (χ1v) is 5.04. The van der Waals surface area contributed by atoms with E-state index in [1.165, 1.54) is 25.3 Å². The van der Waals surface area contributed by atoms with Crippen LogP contribution in [0, 0.1) is 0 Å². The van der Waals surface area contributed by atoms with Crippen LogP contribution in [0.5, 0.6) is 0 Å². The molecular formula is C12H12F3NO2. The lowest BCUT2D eigenvalue weighted by Gasteiger charge is -2.08. The van der Waals surface area contributed by atoms with Crippen LogP contribution in [0.15, 0.2) is 24.3 Å². The maximum Gasteiger partial charge on any atom is 0.416 e. The number of nitrogens with two attached hydrogens (primary N) is 1. The summed E-state index contributed by atoms with van der Waals surface area (Å²) in [7, 11) is 1.23. The zero-order valence-corrected chi connectivity index (χ0v) is 9.62. The minimum atomic E-state index is -4.44. The van der Waals surface area contributed by atoms with Gasteiger partial charge in [-0.25, -0.2) is 0 Å². The van der Waals surface area contributed by atoms with Gasteiger partial charge in [-0.05, 0) is 23.8 Å². The smallest absolute Gasteiger partial charge is 0.416 e. The molecule has 0 atom stereocenters. The summed E-state index contributed by atoms with van der Waals surface area (Å²) in [4.78, 5) is 10.8. The van der Waals surface area contributed by atoms with Gasteiger partial charge in [-0.3, -0.25) is 4.79 Å². The third-order valence-corrected chi connectivity index (χ3v) is 2.13. The molecule has 0 unspecified atom stereocenters. The fraction of sp³-hybridized carbons (Fsp3) is 0.250. The Hall–Kier alpha value is -1.98. The van der Waals surface area contributed by atoms with Crippen molar-refractivity contribution in [1.29, 1.82) is 0 Å². The van der Waals surface area contributed by atoms with E-state index in [4.69, 9.17) is 5.73 Å². The molecule has 0 amide bonds. The highest BCUT2D eigenvalue weighted by Crippen LogP contribution is 2.31. The van der Waals surface area contributed by atoms with Gasteiger partial charge in [-0.15, -0.1) is 0 Å². The number of methoxy groups -OCH3 is 1. The molecule has 2 N–H and O–H groups in total. The number of halogens is 3. The molecule has 1 rings (SSSR count). The van der Waals surface area contributed by atoms with Crippen molar-refractivity contribution in [3.63, 3.8) is 0 Å². The summed E-state index contributed by atoms with van der Waals surface area (Å²) in [6.45, 7) is 0. The number of esters is 1. The van der Waals surface area contributed by atoms with Crippen molar-refractivity contribution >= 4 is 17.7 Å². The van der Waals surface area contributed by atoms with Crippen LogP contribution >= 0.6 is 0 Å². The van der Waals surface area contributed by atoms with Gasteiger partial charge >= 0.3 is 12.1 Å². The van der Waals surface area contributed by atoms with Crippen molar-refractivity contribution in [1.82, 2.24) is 0 Å². The van der Waals surface area contributed by atoms with E-state index < -0.39 is 17.7 Å². The van der Waals surface area contributed by atoms with Crippen LogP contribution in [0.25, 0.3) is 6.08 Å². The molecule has 1 aromatic rings. The molecule has 3 nitrogen and oxygen atoms in total. The third kappa shape index (κ3) is 4.12. The van der Waals surface area contributed by atoms with E-state index in [1.807, 2.05) is 0 Å². The van der Waals surface area contributed by atoms with Gasteiger partial charge in [0.1, 0.15) is 0 Å². The molecule has 0 heterocycles. The predicted molar refractivity (Wildman–Crippen MR) is 61.5 cm³/mol. The summed E-state index contributed by atoms with van der Waals surface area (Å²) in [6.07, 6.45) is -1.64. The van der Waals surface area contributed by atoms with E-state index >= 15 is 0 Å². The molecule has 0 fully saturated rings. The van der Waals surface area contributed by atoms with Gasteiger partial charge in [0, 0.05) is 5.69 Å². The zero-order valence-electron chi connectivity index (χ0n) is 9.62. The molecule has 98 valence electrons. The maximum absolute atomic E-state index is 12.5. The van der Waals surface area contributed by atoms with E-state index in [2.05, 4.69) is 4.74 Å². The second kappa shape index (κ2) is 5.57. The molecule has 0 aliphatic carbocycles. The standard InChI is InChI=1S/C12H12F3NO2/c1-18-11(17)4-2-3-8-5-9(12(13,14)15)7-10(16)6-8/h2-3,5-7H,4,16H2,1H3. The number of ether oxygens (including phenoxy) is 1. The molecule has 0 saturated carbocycles. The van der Waals surface area contributed by atoms with E-state index in [0.29, 0.717) is 0 Å². The Bertz CT molecular complexity index is 467. The number of carbonyl (C=O) groups excluding carboxylic acids is 1. The number of benzene rings is 1. The number of nitrogen functional groups attached to an aromatic ring is 1. The van der Waals surface area contributed by atoms with Crippen LogP contribution < -0.4 is 5.73 Å². The minimum Gasteiger partial charge on any atom is -0.469 e. The first-order chi connectivity index (χ1) is 8.32. The predicted octanol–water partition coefficient (Wildman–Crippen LogP) is 2.86. The molecule has 18 heavy (non-hydrogen) atoms. The second-order valence-corrected chi connectivity index (χ2v) is 3.57. The summed E-state index contributed by atoms with van der Waals surface area (Å²) < 4.78 is 41.9. The van der Waals surface area contributed by atoms with Crippen LogP contribution in [0.4, 0.5) is 18.9 Å². The summed E-state index contributed by atoms with van der Waals surface area (Å²) in [5.74, 6) is -0.466. The van der Waals surface area contributed by atoms with Gasteiger partial charge in [-0.2, -0.15) is 13.2 Å². The van der Waals surface area contributed by atoms with E-state index in [9.17, 15) is 18.0 Å². The molecule has 1 aromatic carbocycles. The van der Waals surface area contributed by atoms with Crippen LogP contribution in [0.1, 0.15) is 17.5 Å². The third-order valence-electron chi connectivity index (χ3n) is 2.13. The largest absolute Gasteiger partial charge is 0.469 e. The highest BCUT2D eigenvalue weighted by Gasteiger charge is 2.30. The summed E-state index contributed by atoms with van der Waals surface area (Å²) in [5.41, 5.74) is 4.87. The highest BCUT2D eigenvalue weighted by molar-refractivity contribution is 5.72. The number of anilines is 1. The Kier molecular flexibility index (Phi) is 4.36. The minimum absolute atomic E-state index is 0.00729. The van der Waals surface area contributed by atoms with Crippen LogP contribution in [-0.2, 0) is 15.7 Å². The van der Waals surface area contributed by atoms with Gasteiger partial charge in [0.05, 0.1) is 19.1 Å². The number of hydrogen-bond acceptors (Lipinski definition) is 3. The van der Waals surface area contributed by atoms with Gasteiger partial charge in [0.25, 0.3) is 0 Å². The van der Waals surface area contributed by atoms with E-state index in [0.717, 1.165) is 12.1 Å². The van der Waals surface area contributed by atoms with Crippen molar-refractivity contribution in [2.45, 2.75) is 12.6 Å². The normalized spacial score (nSPS) is 11.8. The average molecular weight is 259 g/mol. The molecule has 6 heteroatoms. The van der Waals surface area contributed by atoms with Crippen molar-refractivity contribution in [3.05, 3.63) is 35.4 Å². The zero-order chi connectivity index (χ0) is 13.8. The van der Waals surface area contributed by atoms with Gasteiger partial charge in [0.2, 0.25) is 0 Å². The molecular weight excluding hydrogens is 247 g/mol. The lowest BCUT2D eigenvalue weighted by atomic mass is 10.1. The van der Waals surface area contributed by atoms with Gasteiger partial charge in [-0.1, -0.05) is 12.2 Å². The number of hydrogen-bond donors (Lipinski definition) is 1. The molecule has 0 spiro atoms. The SMILES string of the molecule is COC(=O)CC=Cc1cc(N)cc(C(F)(F)F)c1. The van der Waals surface area contributed by atoms with E-state index in [-0.39, 0.29) is 17.7 Å². The lowest BCUT2D eigenvalue weighted by molar-refractivity contribution is -0.139. The fourth-order valence-corrected chi connectivity index (χ4v) is 1.31. The van der Waals surface area contributed by atoms with Gasteiger partial charge < -0.3 is 10.5 Å². The van der Waals surface area contributed by atoms with Crippen LogP contribution in [0.3, 0.4) is 0 Å². The maximum atomic E-state index is 12.5. The van der Waals surface area contributed by atoms with Gasteiger partial charge in [0.15, 0.2) is 0 Å². The number of carbonyl (C=O) groups is 1. The highest BCUT2D eigenvalue weighted by atomic mass is 19.4. The molecule has 0 aliphatic rings. The van der Waals surface area contributed by atoms with Crippen molar-refractivity contribution in [2.24, 2.45) is 0 Å². The Morgan fingerprint density at radius 1 is 1.39 bits per heavy atom. The summed E-state index contributed by atoms with van der Waals surface area (Å²) in [5, 5.41) is 0. The van der Waals surface area contributed by atoms with Crippen molar-refractivity contribution in [2.75, 3.05) is 12.8 Å². The Balaban J connectivity index is 2.90. The van der Waals surface area contributed by atoms with Crippen molar-refractivity contribution in [3.8, 4) is 0 Å². The Morgan fingerprint density at radius 2 is 2.06 bits per heavy atom. The molecule has 0 radical (unpaired) electrons. The Morgan fingerprint density at radius 3 is 2.61 bits per heavy atom. The number of rotatable bonds is 3. The monoisotopic (exact) mass is 259 g/mol.